The fourth-order valence-electron chi connectivity index (χ4n) is 2.13. The molecule has 2 rings (SSSR count). The molecule has 0 saturated carbocycles. The van der Waals surface area contributed by atoms with Gasteiger partial charge in [-0.2, -0.15) is 0 Å². The number of nitrogens with one attached hydrogen (secondary N) is 3. The summed E-state index contributed by atoms with van der Waals surface area (Å²) in [6.07, 6.45) is 2.89. The second-order valence-electron chi connectivity index (χ2n) is 5.36. The molecule has 7 nitrogen and oxygen atoms in total. The highest BCUT2D eigenvalue weighted by Gasteiger charge is 2.07. The maximum Gasteiger partial charge on any atom is 0.269 e. The lowest BCUT2D eigenvalue weighted by Crippen LogP contribution is -2.48. The fourth-order valence-corrected chi connectivity index (χ4v) is 2.47. The smallest absolute Gasteiger partial charge is 0.269 e. The number of methoxy groups -OCH3 is 2. The van der Waals surface area contributed by atoms with Crippen molar-refractivity contribution in [3.8, 4) is 11.5 Å². The molecule has 0 heterocycles. The first-order chi connectivity index (χ1) is 13.4. The Morgan fingerprint density at radius 3 is 2.46 bits per heavy atom. The van der Waals surface area contributed by atoms with Gasteiger partial charge in [0, 0.05) is 16.7 Å². The molecular weight excluding hydrogens is 402 g/mol. The second-order valence-corrected chi connectivity index (χ2v) is 6.20. The lowest BCUT2D eigenvalue weighted by Gasteiger charge is -2.10. The van der Waals surface area contributed by atoms with Gasteiger partial charge in [0.2, 0.25) is 5.91 Å². The van der Waals surface area contributed by atoms with E-state index in [9.17, 15) is 9.59 Å². The molecule has 3 N–H and O–H groups in total. The summed E-state index contributed by atoms with van der Waals surface area (Å²) >= 11 is 10.8. The van der Waals surface area contributed by atoms with Crippen LogP contribution in [0.25, 0.3) is 6.08 Å². The van der Waals surface area contributed by atoms with Gasteiger partial charge in [-0.15, -0.1) is 0 Å². The first-order valence-electron chi connectivity index (χ1n) is 8.00. The molecule has 0 aromatic heterocycles. The Kier molecular flexibility index (Phi) is 7.79. The van der Waals surface area contributed by atoms with E-state index in [0.29, 0.717) is 22.1 Å². The number of amides is 2. The number of hydrazine groups is 1. The first-order valence-corrected chi connectivity index (χ1v) is 8.78. The van der Waals surface area contributed by atoms with Gasteiger partial charge in [-0.3, -0.25) is 25.8 Å². The predicted octanol–water partition coefficient (Wildman–Crippen LogP) is 2.71. The minimum atomic E-state index is -0.468. The summed E-state index contributed by atoms with van der Waals surface area (Å²) in [7, 11) is 3.07. The minimum Gasteiger partial charge on any atom is -0.493 e. The summed E-state index contributed by atoms with van der Waals surface area (Å²) in [6, 6.07) is 11.6. The van der Waals surface area contributed by atoms with Crippen LogP contribution >= 0.6 is 23.8 Å². The number of thiocarbonyl (C=S) groups is 1. The van der Waals surface area contributed by atoms with Crippen LogP contribution in [0.5, 0.6) is 11.5 Å². The minimum absolute atomic E-state index is 0.0580. The SMILES string of the molecule is COc1ccc(C=CC(=O)NC(=S)NNC(=O)c2cccc(Cl)c2)cc1OC. The normalized spacial score (nSPS) is 10.2. The van der Waals surface area contributed by atoms with Crippen LogP contribution in [0.3, 0.4) is 0 Å². The Bertz CT molecular complexity index is 918. The summed E-state index contributed by atoms with van der Waals surface area (Å²) in [5.41, 5.74) is 5.91. The summed E-state index contributed by atoms with van der Waals surface area (Å²) in [6.45, 7) is 0. The Labute approximate surface area is 172 Å². The van der Waals surface area contributed by atoms with E-state index < -0.39 is 11.8 Å². The van der Waals surface area contributed by atoms with Crippen LogP contribution in [0, 0.1) is 0 Å². The molecule has 28 heavy (non-hydrogen) atoms. The molecule has 146 valence electrons. The molecule has 0 fully saturated rings. The zero-order valence-corrected chi connectivity index (χ0v) is 16.7. The zero-order valence-electron chi connectivity index (χ0n) is 15.1. The van der Waals surface area contributed by atoms with Gasteiger partial charge in [0.15, 0.2) is 16.6 Å². The molecule has 2 aromatic rings. The lowest BCUT2D eigenvalue weighted by atomic mass is 10.2. The Morgan fingerprint density at radius 2 is 1.79 bits per heavy atom. The van der Waals surface area contributed by atoms with E-state index in [2.05, 4.69) is 16.2 Å². The van der Waals surface area contributed by atoms with Gasteiger partial charge in [0.1, 0.15) is 0 Å². The summed E-state index contributed by atoms with van der Waals surface area (Å²) in [5, 5.41) is 2.79. The highest BCUT2D eigenvalue weighted by molar-refractivity contribution is 7.80. The standard InChI is InChI=1S/C19H18ClN3O4S/c1-26-15-8-6-12(10-16(15)27-2)7-9-17(24)21-19(28)23-22-18(25)13-4-3-5-14(20)11-13/h3-11H,1-2H3,(H,22,25)(H2,21,23,24,28). The third kappa shape index (κ3) is 6.26. The van der Waals surface area contributed by atoms with Crippen LogP contribution in [0.2, 0.25) is 5.02 Å². The van der Waals surface area contributed by atoms with Crippen molar-refractivity contribution in [3.63, 3.8) is 0 Å². The molecule has 9 heteroatoms. The van der Waals surface area contributed by atoms with Crippen molar-refractivity contribution in [2.24, 2.45) is 0 Å². The van der Waals surface area contributed by atoms with E-state index in [1.165, 1.54) is 19.3 Å². The molecule has 2 amide bonds. The number of ether oxygens (including phenoxy) is 2. The first kappa shape index (κ1) is 21.2. The van der Waals surface area contributed by atoms with Crippen molar-refractivity contribution in [1.82, 2.24) is 16.2 Å². The molecule has 2 aromatic carbocycles. The largest absolute Gasteiger partial charge is 0.493 e. The Balaban J connectivity index is 1.86. The van der Waals surface area contributed by atoms with E-state index in [1.807, 2.05) is 0 Å². The molecule has 0 unspecified atom stereocenters. The van der Waals surface area contributed by atoms with Crippen molar-refractivity contribution in [3.05, 3.63) is 64.7 Å². The van der Waals surface area contributed by atoms with E-state index in [0.717, 1.165) is 5.56 Å². The van der Waals surface area contributed by atoms with Crippen LogP contribution in [-0.4, -0.2) is 31.1 Å². The van der Waals surface area contributed by atoms with Gasteiger partial charge in [0.05, 0.1) is 14.2 Å². The number of hydrogen-bond acceptors (Lipinski definition) is 5. The van der Waals surface area contributed by atoms with Crippen LogP contribution in [0.1, 0.15) is 15.9 Å². The number of carbonyl (C=O) groups is 2. The maximum atomic E-state index is 12.0. The molecule has 0 radical (unpaired) electrons. The summed E-state index contributed by atoms with van der Waals surface area (Å²) in [5.74, 6) is 0.222. The van der Waals surface area contributed by atoms with Crippen molar-refractivity contribution in [1.29, 1.82) is 0 Å². The lowest BCUT2D eigenvalue weighted by molar-refractivity contribution is -0.115. The van der Waals surface area contributed by atoms with Gasteiger partial charge in [-0.25, -0.2) is 0 Å². The second kappa shape index (κ2) is 10.3. The van der Waals surface area contributed by atoms with Crippen LogP contribution in [0.4, 0.5) is 0 Å². The van der Waals surface area contributed by atoms with Gasteiger partial charge in [0.25, 0.3) is 5.91 Å². The van der Waals surface area contributed by atoms with Crippen LogP contribution in [0.15, 0.2) is 48.5 Å². The molecule has 0 aliphatic rings. The average molecular weight is 420 g/mol. The molecular formula is C19H18ClN3O4S. The number of halogens is 1. The van der Waals surface area contributed by atoms with Gasteiger partial charge < -0.3 is 9.47 Å². The fraction of sp³-hybridized carbons (Fsp3) is 0.105. The van der Waals surface area contributed by atoms with E-state index in [4.69, 9.17) is 33.3 Å². The molecule has 0 aliphatic carbocycles. The van der Waals surface area contributed by atoms with E-state index in [1.54, 1.807) is 49.6 Å². The summed E-state index contributed by atoms with van der Waals surface area (Å²) in [4.78, 5) is 23.9. The summed E-state index contributed by atoms with van der Waals surface area (Å²) < 4.78 is 10.4. The predicted molar refractivity (Wildman–Crippen MR) is 111 cm³/mol. The quantitative estimate of drug-likeness (QED) is 0.392. The highest BCUT2D eigenvalue weighted by atomic mass is 35.5. The molecule has 0 saturated heterocycles. The van der Waals surface area contributed by atoms with Crippen molar-refractivity contribution in [2.75, 3.05) is 14.2 Å². The monoisotopic (exact) mass is 419 g/mol. The third-order valence-electron chi connectivity index (χ3n) is 3.45. The Hall–Kier alpha value is -3.10. The number of benzene rings is 2. The molecule has 0 spiro atoms. The van der Waals surface area contributed by atoms with E-state index >= 15 is 0 Å². The molecule has 0 aliphatic heterocycles. The average Bonchev–Trinajstić information content (AvgIpc) is 2.70. The highest BCUT2D eigenvalue weighted by Crippen LogP contribution is 2.27. The molecule has 0 bridgehead atoms. The van der Waals surface area contributed by atoms with Crippen molar-refractivity contribution >= 4 is 46.8 Å². The third-order valence-corrected chi connectivity index (χ3v) is 3.89. The van der Waals surface area contributed by atoms with Crippen molar-refractivity contribution in [2.45, 2.75) is 0 Å². The van der Waals surface area contributed by atoms with Crippen LogP contribution < -0.4 is 25.6 Å². The molecule has 0 atom stereocenters. The van der Waals surface area contributed by atoms with Gasteiger partial charge >= 0.3 is 0 Å². The zero-order chi connectivity index (χ0) is 20.5. The van der Waals surface area contributed by atoms with Gasteiger partial charge in [-0.05, 0) is 54.2 Å². The maximum absolute atomic E-state index is 12.0. The van der Waals surface area contributed by atoms with Gasteiger partial charge in [-0.1, -0.05) is 23.7 Å². The van der Waals surface area contributed by atoms with Crippen LogP contribution in [-0.2, 0) is 4.79 Å². The Morgan fingerprint density at radius 1 is 1.04 bits per heavy atom. The number of carbonyl (C=O) groups excluding carboxylic acids is 2. The number of rotatable bonds is 5. The topological polar surface area (TPSA) is 88.7 Å². The van der Waals surface area contributed by atoms with E-state index in [-0.39, 0.29) is 5.11 Å². The number of hydrogen-bond donors (Lipinski definition) is 3. The van der Waals surface area contributed by atoms with Crippen molar-refractivity contribution < 1.29 is 19.1 Å².